The molecule has 0 aromatic carbocycles. The molecule has 6 heteroatoms. The van der Waals surface area contributed by atoms with Gasteiger partial charge in [0.05, 0.1) is 6.10 Å². The van der Waals surface area contributed by atoms with Crippen molar-refractivity contribution in [2.24, 2.45) is 0 Å². The molecular weight excluding hydrogens is 258 g/mol. The van der Waals surface area contributed by atoms with E-state index < -0.39 is 0 Å². The fraction of sp³-hybridized carbons (Fsp3) is 0.636. The van der Waals surface area contributed by atoms with Crippen LogP contribution in [0.1, 0.15) is 19.3 Å². The molecule has 0 radical (unpaired) electrons. The predicted octanol–water partition coefficient (Wildman–Crippen LogP) is 2.83. The molecule has 0 spiro atoms. The highest BCUT2D eigenvalue weighted by molar-refractivity contribution is 7.98. The van der Waals surface area contributed by atoms with Gasteiger partial charge in [0.25, 0.3) is 0 Å². The Labute approximate surface area is 111 Å². The molecule has 1 fully saturated rings. The van der Waals surface area contributed by atoms with Gasteiger partial charge in [-0.3, -0.25) is 0 Å². The lowest BCUT2D eigenvalue weighted by atomic mass is 10.1. The van der Waals surface area contributed by atoms with E-state index in [2.05, 4.69) is 15.3 Å². The lowest BCUT2D eigenvalue weighted by molar-refractivity contribution is 0.0247. The van der Waals surface area contributed by atoms with Gasteiger partial charge in [-0.25, -0.2) is 9.97 Å². The van der Waals surface area contributed by atoms with Gasteiger partial charge in [0, 0.05) is 19.2 Å². The summed E-state index contributed by atoms with van der Waals surface area (Å²) in [5.41, 5.74) is 0. The van der Waals surface area contributed by atoms with Gasteiger partial charge in [-0.1, -0.05) is 23.4 Å². The number of nitrogens with zero attached hydrogens (tertiary/aromatic N) is 2. The smallest absolute Gasteiger partial charge is 0.190 e. The number of anilines is 1. The van der Waals surface area contributed by atoms with Gasteiger partial charge in [-0.2, -0.15) is 0 Å². The van der Waals surface area contributed by atoms with Gasteiger partial charge >= 0.3 is 0 Å². The van der Waals surface area contributed by atoms with Crippen molar-refractivity contribution < 1.29 is 4.74 Å². The number of hydrogen-bond acceptors (Lipinski definition) is 5. The fourth-order valence-electron chi connectivity index (χ4n) is 1.77. The van der Waals surface area contributed by atoms with Gasteiger partial charge in [0.2, 0.25) is 0 Å². The van der Waals surface area contributed by atoms with E-state index in [1.165, 1.54) is 24.6 Å². The lowest BCUT2D eigenvalue weighted by Gasteiger charge is -2.22. The van der Waals surface area contributed by atoms with Gasteiger partial charge in [0.15, 0.2) is 5.16 Å². The Hall–Kier alpha value is -0.520. The highest BCUT2D eigenvalue weighted by atomic mass is 35.5. The Kier molecular flexibility index (Phi) is 4.88. The second-order valence-electron chi connectivity index (χ2n) is 3.93. The van der Waals surface area contributed by atoms with Crippen molar-refractivity contribution >= 4 is 29.2 Å². The minimum Gasteiger partial charge on any atom is -0.376 e. The third kappa shape index (κ3) is 4.01. The molecule has 0 amide bonds. The van der Waals surface area contributed by atoms with Crippen molar-refractivity contribution in [2.45, 2.75) is 30.5 Å². The molecule has 1 aliphatic heterocycles. The van der Waals surface area contributed by atoms with Crippen LogP contribution in [0.4, 0.5) is 5.82 Å². The largest absolute Gasteiger partial charge is 0.376 e. The first-order chi connectivity index (χ1) is 8.28. The molecular formula is C11H16ClN3OS. The zero-order chi connectivity index (χ0) is 12.1. The van der Waals surface area contributed by atoms with Crippen molar-refractivity contribution in [1.82, 2.24) is 9.97 Å². The number of rotatable bonds is 4. The number of hydrogen-bond donors (Lipinski definition) is 1. The van der Waals surface area contributed by atoms with E-state index in [1.807, 2.05) is 6.26 Å². The second-order valence-corrected chi connectivity index (χ2v) is 5.09. The van der Waals surface area contributed by atoms with E-state index in [1.54, 1.807) is 6.07 Å². The predicted molar refractivity (Wildman–Crippen MR) is 70.9 cm³/mol. The zero-order valence-electron chi connectivity index (χ0n) is 9.78. The summed E-state index contributed by atoms with van der Waals surface area (Å²) in [5.74, 6) is 0.767. The molecule has 1 saturated heterocycles. The quantitative estimate of drug-likeness (QED) is 0.519. The molecule has 1 atom stereocenters. The molecule has 0 saturated carbocycles. The average Bonchev–Trinajstić information content (AvgIpc) is 2.37. The van der Waals surface area contributed by atoms with Crippen LogP contribution in [0, 0.1) is 0 Å². The summed E-state index contributed by atoms with van der Waals surface area (Å²) in [5, 5.41) is 4.41. The number of ether oxygens (including phenoxy) is 1. The van der Waals surface area contributed by atoms with E-state index in [0.717, 1.165) is 25.4 Å². The molecule has 17 heavy (non-hydrogen) atoms. The van der Waals surface area contributed by atoms with Gasteiger partial charge in [0.1, 0.15) is 11.0 Å². The van der Waals surface area contributed by atoms with Crippen molar-refractivity contribution in [2.75, 3.05) is 24.7 Å². The van der Waals surface area contributed by atoms with Crippen molar-refractivity contribution in [1.29, 1.82) is 0 Å². The van der Waals surface area contributed by atoms with Crippen molar-refractivity contribution in [3.63, 3.8) is 0 Å². The van der Waals surface area contributed by atoms with E-state index >= 15 is 0 Å². The first-order valence-electron chi connectivity index (χ1n) is 5.72. The summed E-state index contributed by atoms with van der Waals surface area (Å²) in [6, 6.07) is 1.74. The Bertz CT molecular complexity index is 372. The van der Waals surface area contributed by atoms with Crippen LogP contribution in [0.15, 0.2) is 11.2 Å². The standard InChI is InChI=1S/C11H16ClN3OS/c1-17-11-14-9(12)6-10(15-11)13-7-8-4-2-3-5-16-8/h6,8H,2-5,7H2,1H3,(H,13,14,15). The molecule has 2 heterocycles. The number of halogens is 1. The van der Waals surface area contributed by atoms with Crippen LogP contribution >= 0.6 is 23.4 Å². The third-order valence-corrected chi connectivity index (χ3v) is 3.38. The van der Waals surface area contributed by atoms with Crippen LogP contribution in [-0.2, 0) is 4.74 Å². The van der Waals surface area contributed by atoms with Gasteiger partial charge < -0.3 is 10.1 Å². The minimum absolute atomic E-state index is 0.287. The van der Waals surface area contributed by atoms with Crippen LogP contribution in [0.3, 0.4) is 0 Å². The molecule has 1 N–H and O–H groups in total. The summed E-state index contributed by atoms with van der Waals surface area (Å²) in [7, 11) is 0. The number of nitrogens with one attached hydrogen (secondary N) is 1. The number of aromatic nitrogens is 2. The normalized spacial score (nSPS) is 20.2. The fourth-order valence-corrected chi connectivity index (χ4v) is 2.38. The molecule has 1 unspecified atom stereocenters. The van der Waals surface area contributed by atoms with E-state index in [0.29, 0.717) is 10.3 Å². The molecule has 1 aromatic rings. The molecule has 1 aromatic heterocycles. The molecule has 0 bridgehead atoms. The molecule has 4 nitrogen and oxygen atoms in total. The molecule has 2 rings (SSSR count). The first-order valence-corrected chi connectivity index (χ1v) is 7.32. The molecule has 0 aliphatic carbocycles. The van der Waals surface area contributed by atoms with Crippen LogP contribution in [0.25, 0.3) is 0 Å². The Morgan fingerprint density at radius 3 is 3.12 bits per heavy atom. The first kappa shape index (κ1) is 12.9. The average molecular weight is 274 g/mol. The zero-order valence-corrected chi connectivity index (χ0v) is 11.4. The summed E-state index contributed by atoms with van der Waals surface area (Å²) in [4.78, 5) is 8.43. The van der Waals surface area contributed by atoms with Crippen LogP contribution in [0.5, 0.6) is 0 Å². The van der Waals surface area contributed by atoms with E-state index in [4.69, 9.17) is 16.3 Å². The van der Waals surface area contributed by atoms with Crippen molar-refractivity contribution in [3.05, 3.63) is 11.2 Å². The van der Waals surface area contributed by atoms with Crippen LogP contribution < -0.4 is 5.32 Å². The molecule has 94 valence electrons. The van der Waals surface area contributed by atoms with E-state index in [9.17, 15) is 0 Å². The van der Waals surface area contributed by atoms with Crippen molar-refractivity contribution in [3.8, 4) is 0 Å². The SMILES string of the molecule is CSc1nc(Cl)cc(NCC2CCCCO2)n1. The topological polar surface area (TPSA) is 47.0 Å². The van der Waals surface area contributed by atoms with Gasteiger partial charge in [-0.05, 0) is 25.5 Å². The number of thioether (sulfide) groups is 1. The third-order valence-electron chi connectivity index (χ3n) is 2.64. The minimum atomic E-state index is 0.287. The Morgan fingerprint density at radius 1 is 1.53 bits per heavy atom. The Morgan fingerprint density at radius 2 is 2.41 bits per heavy atom. The van der Waals surface area contributed by atoms with Crippen LogP contribution in [0.2, 0.25) is 5.15 Å². The maximum atomic E-state index is 5.91. The maximum Gasteiger partial charge on any atom is 0.190 e. The summed E-state index contributed by atoms with van der Waals surface area (Å²) >= 11 is 7.40. The van der Waals surface area contributed by atoms with Gasteiger partial charge in [-0.15, -0.1) is 0 Å². The highest BCUT2D eigenvalue weighted by Crippen LogP contribution is 2.18. The Balaban J connectivity index is 1.91. The second kappa shape index (κ2) is 6.42. The van der Waals surface area contributed by atoms with E-state index in [-0.39, 0.29) is 6.10 Å². The molecule has 1 aliphatic rings. The summed E-state index contributed by atoms with van der Waals surface area (Å²) in [6.45, 7) is 1.65. The summed E-state index contributed by atoms with van der Waals surface area (Å²) in [6.07, 6.45) is 5.75. The monoisotopic (exact) mass is 273 g/mol. The maximum absolute atomic E-state index is 5.91. The lowest BCUT2D eigenvalue weighted by Crippen LogP contribution is -2.27. The highest BCUT2D eigenvalue weighted by Gasteiger charge is 2.13. The summed E-state index contributed by atoms with van der Waals surface area (Å²) < 4.78 is 5.64. The van der Waals surface area contributed by atoms with Crippen LogP contribution in [-0.4, -0.2) is 35.5 Å².